The zero-order valence-corrected chi connectivity index (χ0v) is 14.5. The third kappa shape index (κ3) is 4.02. The number of anilines is 1. The minimum absolute atomic E-state index is 0.0508. The topological polar surface area (TPSA) is 69.7 Å². The van der Waals surface area contributed by atoms with Crippen molar-refractivity contribution in [3.63, 3.8) is 0 Å². The van der Waals surface area contributed by atoms with E-state index in [1.165, 1.54) is 0 Å². The first kappa shape index (κ1) is 17.1. The Hall–Kier alpha value is -2.76. The summed E-state index contributed by atoms with van der Waals surface area (Å²) in [6, 6.07) is 7.04. The van der Waals surface area contributed by atoms with Crippen LogP contribution in [0.1, 0.15) is 24.1 Å². The molecule has 0 saturated carbocycles. The molecule has 0 bridgehead atoms. The molecule has 6 heteroatoms. The second-order valence-electron chi connectivity index (χ2n) is 5.85. The number of pyridine rings is 1. The highest BCUT2D eigenvalue weighted by molar-refractivity contribution is 5.92. The molecule has 0 fully saturated rings. The molecule has 1 N–H and O–H groups in total. The number of benzene rings is 1. The van der Waals surface area contributed by atoms with Crippen molar-refractivity contribution in [1.29, 1.82) is 0 Å². The largest absolute Gasteiger partial charge is 0.493 e. The van der Waals surface area contributed by atoms with Gasteiger partial charge in [-0.25, -0.2) is 0 Å². The summed E-state index contributed by atoms with van der Waals surface area (Å²) in [6.07, 6.45) is 5.96. The number of ether oxygens (including phenoxy) is 3. The minimum atomic E-state index is -0.228. The first-order chi connectivity index (χ1) is 12.2. The van der Waals surface area contributed by atoms with E-state index in [1.807, 2.05) is 6.07 Å². The van der Waals surface area contributed by atoms with Gasteiger partial charge in [-0.15, -0.1) is 0 Å². The lowest BCUT2D eigenvalue weighted by atomic mass is 9.95. The molecule has 132 valence electrons. The van der Waals surface area contributed by atoms with E-state index < -0.39 is 0 Å². The molecule has 2 aromatic rings. The highest BCUT2D eigenvalue weighted by atomic mass is 16.5. The molecular formula is C19H22N2O4. The predicted molar refractivity (Wildman–Crippen MR) is 94.5 cm³/mol. The van der Waals surface area contributed by atoms with Crippen LogP contribution in [-0.4, -0.2) is 31.7 Å². The number of amides is 1. The van der Waals surface area contributed by atoms with Crippen molar-refractivity contribution < 1.29 is 19.0 Å². The summed E-state index contributed by atoms with van der Waals surface area (Å²) in [4.78, 5) is 16.6. The van der Waals surface area contributed by atoms with Crippen molar-refractivity contribution in [2.75, 3.05) is 26.1 Å². The maximum atomic E-state index is 12.2. The molecule has 0 unspecified atom stereocenters. The Morgan fingerprint density at radius 3 is 2.68 bits per heavy atom. The maximum absolute atomic E-state index is 12.2. The first-order valence-electron chi connectivity index (χ1n) is 8.32. The van der Waals surface area contributed by atoms with Gasteiger partial charge in [-0.1, -0.05) is 0 Å². The van der Waals surface area contributed by atoms with Crippen LogP contribution in [0.3, 0.4) is 0 Å². The van der Waals surface area contributed by atoms with Gasteiger partial charge < -0.3 is 19.5 Å². The third-order valence-electron chi connectivity index (χ3n) is 4.22. The lowest BCUT2D eigenvalue weighted by Gasteiger charge is -2.18. The smallest absolute Gasteiger partial charge is 0.262 e. The molecular weight excluding hydrogens is 320 g/mol. The SMILES string of the molecule is COc1ccc(NC(=O)COc2ccnc3c2CCCC3)cc1OC. The molecule has 0 saturated heterocycles. The van der Waals surface area contributed by atoms with Gasteiger partial charge in [-0.3, -0.25) is 9.78 Å². The molecule has 1 amide bonds. The predicted octanol–water partition coefficient (Wildman–Crippen LogP) is 3.00. The van der Waals surface area contributed by atoms with Crippen molar-refractivity contribution in [2.45, 2.75) is 25.7 Å². The van der Waals surface area contributed by atoms with Gasteiger partial charge in [0.1, 0.15) is 5.75 Å². The van der Waals surface area contributed by atoms with Crippen LogP contribution in [0, 0.1) is 0 Å². The van der Waals surface area contributed by atoms with Crippen LogP contribution in [0.5, 0.6) is 17.2 Å². The summed E-state index contributed by atoms with van der Waals surface area (Å²) in [7, 11) is 3.12. The van der Waals surface area contributed by atoms with Crippen molar-refractivity contribution in [3.8, 4) is 17.2 Å². The van der Waals surface area contributed by atoms with E-state index in [0.717, 1.165) is 42.7 Å². The zero-order valence-electron chi connectivity index (χ0n) is 14.5. The summed E-state index contributed by atoms with van der Waals surface area (Å²) in [5.74, 6) is 1.70. The fourth-order valence-electron chi connectivity index (χ4n) is 2.98. The van der Waals surface area contributed by atoms with Crippen LogP contribution in [0.25, 0.3) is 0 Å². The standard InChI is InChI=1S/C19H22N2O4/c1-23-17-8-7-13(11-18(17)24-2)21-19(22)12-25-16-9-10-20-15-6-4-3-5-14(15)16/h7-11H,3-6,12H2,1-2H3,(H,21,22). The maximum Gasteiger partial charge on any atom is 0.262 e. The lowest BCUT2D eigenvalue weighted by molar-refractivity contribution is -0.118. The van der Waals surface area contributed by atoms with Crippen LogP contribution in [0.15, 0.2) is 30.5 Å². The number of hydrogen-bond acceptors (Lipinski definition) is 5. The fraction of sp³-hybridized carbons (Fsp3) is 0.368. The second kappa shape index (κ2) is 7.88. The Bertz CT molecular complexity index is 761. The second-order valence-corrected chi connectivity index (χ2v) is 5.85. The van der Waals surface area contributed by atoms with Crippen LogP contribution < -0.4 is 19.5 Å². The summed E-state index contributed by atoms with van der Waals surface area (Å²) in [5, 5.41) is 2.80. The number of methoxy groups -OCH3 is 2. The van der Waals surface area contributed by atoms with E-state index in [9.17, 15) is 4.79 Å². The van der Waals surface area contributed by atoms with Gasteiger partial charge in [0, 0.05) is 29.2 Å². The van der Waals surface area contributed by atoms with Crippen molar-refractivity contribution in [3.05, 3.63) is 41.7 Å². The fourth-order valence-corrected chi connectivity index (χ4v) is 2.98. The number of aromatic nitrogens is 1. The van der Waals surface area contributed by atoms with E-state index >= 15 is 0 Å². The van der Waals surface area contributed by atoms with Gasteiger partial charge in [0.15, 0.2) is 18.1 Å². The van der Waals surface area contributed by atoms with Crippen LogP contribution in [0.2, 0.25) is 0 Å². The molecule has 6 nitrogen and oxygen atoms in total. The average molecular weight is 342 g/mol. The third-order valence-corrected chi connectivity index (χ3v) is 4.22. The number of aryl methyl sites for hydroxylation is 1. The molecule has 1 heterocycles. The Morgan fingerprint density at radius 1 is 1.08 bits per heavy atom. The van der Waals surface area contributed by atoms with Gasteiger partial charge in [-0.05, 0) is 43.9 Å². The van der Waals surface area contributed by atoms with Crippen LogP contribution in [-0.2, 0) is 17.6 Å². The molecule has 0 aliphatic heterocycles. The number of hydrogen-bond donors (Lipinski definition) is 1. The zero-order chi connectivity index (χ0) is 17.6. The highest BCUT2D eigenvalue weighted by Crippen LogP contribution is 2.30. The van der Waals surface area contributed by atoms with Crippen molar-refractivity contribution in [2.24, 2.45) is 0 Å². The van der Waals surface area contributed by atoms with Crippen molar-refractivity contribution >= 4 is 11.6 Å². The molecule has 1 aromatic heterocycles. The van der Waals surface area contributed by atoms with Gasteiger partial charge in [0.05, 0.1) is 14.2 Å². The monoisotopic (exact) mass is 342 g/mol. The molecule has 0 spiro atoms. The van der Waals surface area contributed by atoms with Gasteiger partial charge >= 0.3 is 0 Å². The Balaban J connectivity index is 1.62. The van der Waals surface area contributed by atoms with E-state index in [-0.39, 0.29) is 12.5 Å². The van der Waals surface area contributed by atoms with Crippen molar-refractivity contribution in [1.82, 2.24) is 4.98 Å². The molecule has 25 heavy (non-hydrogen) atoms. The minimum Gasteiger partial charge on any atom is -0.493 e. The highest BCUT2D eigenvalue weighted by Gasteiger charge is 2.16. The number of rotatable bonds is 6. The summed E-state index contributed by atoms with van der Waals surface area (Å²) in [5.41, 5.74) is 2.85. The average Bonchev–Trinajstić information content (AvgIpc) is 2.66. The summed E-state index contributed by atoms with van der Waals surface area (Å²) < 4.78 is 16.2. The Morgan fingerprint density at radius 2 is 1.88 bits per heavy atom. The molecule has 1 aliphatic rings. The lowest BCUT2D eigenvalue weighted by Crippen LogP contribution is -2.21. The van der Waals surface area contributed by atoms with E-state index in [0.29, 0.717) is 17.2 Å². The molecule has 3 rings (SSSR count). The Labute approximate surface area is 147 Å². The van der Waals surface area contributed by atoms with E-state index in [2.05, 4.69) is 10.3 Å². The number of fused-ring (bicyclic) bond motifs is 1. The summed E-state index contributed by atoms with van der Waals surface area (Å²) >= 11 is 0. The van der Waals surface area contributed by atoms with E-state index in [4.69, 9.17) is 14.2 Å². The van der Waals surface area contributed by atoms with Gasteiger partial charge in [-0.2, -0.15) is 0 Å². The number of nitrogens with one attached hydrogen (secondary N) is 1. The van der Waals surface area contributed by atoms with E-state index in [1.54, 1.807) is 38.6 Å². The quantitative estimate of drug-likeness (QED) is 0.874. The van der Waals surface area contributed by atoms with Crippen LogP contribution >= 0.6 is 0 Å². The number of carbonyl (C=O) groups excluding carboxylic acids is 1. The Kier molecular flexibility index (Phi) is 5.38. The first-order valence-corrected chi connectivity index (χ1v) is 8.32. The molecule has 1 aliphatic carbocycles. The van der Waals surface area contributed by atoms with Crippen LogP contribution in [0.4, 0.5) is 5.69 Å². The van der Waals surface area contributed by atoms with Gasteiger partial charge in [0.25, 0.3) is 5.91 Å². The number of nitrogens with zero attached hydrogens (tertiary/aromatic N) is 1. The van der Waals surface area contributed by atoms with Gasteiger partial charge in [0.2, 0.25) is 0 Å². The molecule has 0 radical (unpaired) electrons. The molecule has 0 atom stereocenters. The number of carbonyl (C=O) groups is 1. The molecule has 1 aromatic carbocycles. The summed E-state index contributed by atoms with van der Waals surface area (Å²) in [6.45, 7) is -0.0508. The normalized spacial score (nSPS) is 12.9.